The first-order chi connectivity index (χ1) is 32.4. The van der Waals surface area contributed by atoms with Crippen molar-refractivity contribution in [3.8, 4) is 0 Å². The van der Waals surface area contributed by atoms with Gasteiger partial charge in [-0.05, 0) is 210 Å². The Morgan fingerprint density at radius 3 is 1.28 bits per heavy atom. The molecule has 0 radical (unpaired) electrons. The van der Waals surface area contributed by atoms with Gasteiger partial charge in [0.15, 0.2) is 0 Å². The number of hydrogen-bond acceptors (Lipinski definition) is 10. The molecule has 386 valence electrons. The molecule has 10 nitrogen and oxygen atoms in total. The molecule has 6 unspecified atom stereocenters. The molecule has 20 atom stereocenters. The summed E-state index contributed by atoms with van der Waals surface area (Å²) in [6.45, 7) is 19.4. The van der Waals surface area contributed by atoms with Gasteiger partial charge in [0.25, 0.3) is 0 Å². The zero-order chi connectivity index (χ0) is 48.8. The number of carbonyl (C=O) groups is 4. The fraction of sp³-hybridized carbons (Fsp3) is 0.931. The van der Waals surface area contributed by atoms with Gasteiger partial charge in [0.05, 0.1) is 26.4 Å². The van der Waals surface area contributed by atoms with Crippen LogP contribution in [-0.4, -0.2) is 75.7 Å². The molecular formula is C58H94O10. The Kier molecular flexibility index (Phi) is 16.2. The third-order valence-corrected chi connectivity index (χ3v) is 22.8. The zero-order valence-electron chi connectivity index (χ0n) is 44.3. The average molecular weight is 951 g/mol. The van der Waals surface area contributed by atoms with E-state index in [1.807, 2.05) is 0 Å². The summed E-state index contributed by atoms with van der Waals surface area (Å²) in [4.78, 5) is 49.5. The maximum Gasteiger partial charge on any atom is 0.305 e. The fourth-order valence-corrected chi connectivity index (χ4v) is 19.3. The van der Waals surface area contributed by atoms with E-state index in [4.69, 9.17) is 28.4 Å². The van der Waals surface area contributed by atoms with E-state index >= 15 is 0 Å². The summed E-state index contributed by atoms with van der Waals surface area (Å²) in [5.74, 6) is 5.90. The molecule has 8 fully saturated rings. The minimum absolute atomic E-state index is 0.0580. The molecule has 8 aliphatic carbocycles. The number of carbonyl (C=O) groups excluding carboxylic acids is 4. The second-order valence-corrected chi connectivity index (χ2v) is 25.5. The lowest BCUT2D eigenvalue weighted by atomic mass is 9.43. The van der Waals surface area contributed by atoms with Crippen molar-refractivity contribution in [2.24, 2.45) is 92.7 Å². The predicted octanol–water partition coefficient (Wildman–Crippen LogP) is 12.1. The summed E-state index contributed by atoms with van der Waals surface area (Å²) in [5, 5.41) is 0. The summed E-state index contributed by atoms with van der Waals surface area (Å²) < 4.78 is 36.1. The molecule has 8 aliphatic rings. The number of fused-ring (bicyclic) bond motifs is 10. The number of unbranched alkanes of at least 4 members (excludes halogenated alkanes) is 1. The smallest absolute Gasteiger partial charge is 0.305 e. The maximum atomic E-state index is 12.7. The highest BCUT2D eigenvalue weighted by Crippen LogP contribution is 2.71. The van der Waals surface area contributed by atoms with Gasteiger partial charge < -0.3 is 28.4 Å². The van der Waals surface area contributed by atoms with Gasteiger partial charge in [0, 0.05) is 50.7 Å². The summed E-state index contributed by atoms with van der Waals surface area (Å²) >= 11 is 0. The van der Waals surface area contributed by atoms with E-state index < -0.39 is 0 Å². The largest absolute Gasteiger partial charge is 0.469 e. The predicted molar refractivity (Wildman–Crippen MR) is 262 cm³/mol. The zero-order valence-corrected chi connectivity index (χ0v) is 44.3. The lowest BCUT2D eigenvalue weighted by Crippen LogP contribution is -2.59. The number of methoxy groups -OCH3 is 2. The average Bonchev–Trinajstić information content (AvgIpc) is 3.86. The quantitative estimate of drug-likeness (QED) is 0.0791. The SMILES string of the molecule is COC(=O)CC[C@@H](C)[C@H]1CCC2C3CC[C@@H]4C[C@H](OCCCCO[C@@H]5CC[C@]6(C)C7C[C@H](OC(C)=O)[C@@]8(C)C(CC[C@@H]8[C@H](C)CCC(=O)OC)C7CC[C@@H]6C5)CC[C@]4(C)C3C[C@H](OC(C)=O)[C@@]21C. The lowest BCUT2D eigenvalue weighted by Gasteiger charge is -2.63. The van der Waals surface area contributed by atoms with Crippen molar-refractivity contribution >= 4 is 23.9 Å². The first kappa shape index (κ1) is 52.1. The van der Waals surface area contributed by atoms with Crippen molar-refractivity contribution in [3.63, 3.8) is 0 Å². The molecule has 0 aliphatic heterocycles. The highest BCUT2D eigenvalue weighted by atomic mass is 16.6. The van der Waals surface area contributed by atoms with E-state index in [1.165, 1.54) is 65.6 Å². The van der Waals surface area contributed by atoms with Crippen LogP contribution in [0.15, 0.2) is 0 Å². The van der Waals surface area contributed by atoms with Crippen molar-refractivity contribution in [1.29, 1.82) is 0 Å². The van der Waals surface area contributed by atoms with Gasteiger partial charge in [0.1, 0.15) is 12.2 Å². The van der Waals surface area contributed by atoms with E-state index in [0.717, 1.165) is 90.3 Å². The molecule has 8 saturated carbocycles. The molecular weight excluding hydrogens is 857 g/mol. The van der Waals surface area contributed by atoms with E-state index in [2.05, 4.69) is 41.5 Å². The van der Waals surface area contributed by atoms with E-state index in [-0.39, 0.29) is 57.7 Å². The van der Waals surface area contributed by atoms with Crippen LogP contribution < -0.4 is 0 Å². The molecule has 0 aromatic rings. The summed E-state index contributed by atoms with van der Waals surface area (Å²) in [7, 11) is 2.95. The van der Waals surface area contributed by atoms with Crippen molar-refractivity contribution in [2.75, 3.05) is 27.4 Å². The van der Waals surface area contributed by atoms with E-state index in [1.54, 1.807) is 13.8 Å². The first-order valence-electron chi connectivity index (χ1n) is 28.1. The van der Waals surface area contributed by atoms with Gasteiger partial charge in [-0.15, -0.1) is 0 Å². The fourth-order valence-electron chi connectivity index (χ4n) is 19.3. The summed E-state index contributed by atoms with van der Waals surface area (Å²) in [6.07, 6.45) is 23.7. The third kappa shape index (κ3) is 9.73. The summed E-state index contributed by atoms with van der Waals surface area (Å²) in [6, 6.07) is 0. The second kappa shape index (κ2) is 21.1. The Labute approximate surface area is 411 Å². The molecule has 0 amide bonds. The Bertz CT molecular complexity index is 1660. The number of rotatable bonds is 17. The van der Waals surface area contributed by atoms with Crippen molar-refractivity contribution in [3.05, 3.63) is 0 Å². The number of esters is 4. The second-order valence-electron chi connectivity index (χ2n) is 25.5. The molecule has 0 N–H and O–H groups in total. The molecule has 8 rings (SSSR count). The Hall–Kier alpha value is -2.20. The Balaban J connectivity index is 0.791. The molecule has 0 saturated heterocycles. The van der Waals surface area contributed by atoms with Gasteiger partial charge in [-0.3, -0.25) is 19.2 Å². The van der Waals surface area contributed by atoms with Gasteiger partial charge >= 0.3 is 23.9 Å². The summed E-state index contributed by atoms with van der Waals surface area (Å²) in [5.41, 5.74) is 0.372. The van der Waals surface area contributed by atoms with Crippen molar-refractivity contribution in [2.45, 2.75) is 221 Å². The highest BCUT2D eigenvalue weighted by Gasteiger charge is 2.67. The molecule has 0 aromatic carbocycles. The van der Waals surface area contributed by atoms with Crippen molar-refractivity contribution < 1.29 is 47.6 Å². The Morgan fingerprint density at radius 1 is 0.515 bits per heavy atom. The van der Waals surface area contributed by atoms with E-state index in [9.17, 15) is 19.2 Å². The van der Waals surface area contributed by atoms with Crippen LogP contribution in [-0.2, 0) is 47.6 Å². The van der Waals surface area contributed by atoms with Gasteiger partial charge in [-0.2, -0.15) is 0 Å². The number of ether oxygens (including phenoxy) is 6. The Morgan fingerprint density at radius 2 is 0.912 bits per heavy atom. The van der Waals surface area contributed by atoms with Crippen LogP contribution >= 0.6 is 0 Å². The van der Waals surface area contributed by atoms with Crippen LogP contribution in [0.4, 0.5) is 0 Å². The normalized spacial score (nSPS) is 44.6. The topological polar surface area (TPSA) is 124 Å². The molecule has 0 bridgehead atoms. The van der Waals surface area contributed by atoms with Gasteiger partial charge in [-0.25, -0.2) is 0 Å². The molecule has 68 heavy (non-hydrogen) atoms. The standard InChI is InChI=1S/C58H94O10/c1-35(13-23-53(61)63-9)45-19-21-47-43-17-15-39-31-41(25-27-55(39,5)49(43)33-51(57(45,47)7)67-37(3)59)65-29-11-12-30-66-42-26-28-56(6)40(32-42)16-18-44-48-22-20-46(36(2)14-24-54(62)64-10)58(48,8)52(34-50(44)56)68-38(4)60/h35-36,39-52H,11-34H2,1-10H3/t35-,36-,39-,40-,41-,42-,43?,44?,45-,46-,47?,48?,49?,50?,51+,52+,55+,56+,57-,58-/m1/s1. The lowest BCUT2D eigenvalue weighted by molar-refractivity contribution is -0.198. The maximum absolute atomic E-state index is 12.7. The van der Waals surface area contributed by atoms with Crippen LogP contribution in [0.5, 0.6) is 0 Å². The van der Waals surface area contributed by atoms with Crippen LogP contribution in [0, 0.1) is 92.7 Å². The van der Waals surface area contributed by atoms with Gasteiger partial charge in [0.2, 0.25) is 0 Å². The van der Waals surface area contributed by atoms with E-state index in [0.29, 0.717) is 96.1 Å². The minimum Gasteiger partial charge on any atom is -0.469 e. The molecule has 10 heteroatoms. The van der Waals surface area contributed by atoms with Crippen molar-refractivity contribution in [1.82, 2.24) is 0 Å². The van der Waals surface area contributed by atoms with Crippen LogP contribution in [0.25, 0.3) is 0 Å². The molecule has 0 spiro atoms. The van der Waals surface area contributed by atoms with Crippen LogP contribution in [0.1, 0.15) is 197 Å². The van der Waals surface area contributed by atoms with Gasteiger partial charge in [-0.1, -0.05) is 41.5 Å². The number of hydrogen-bond donors (Lipinski definition) is 0. The first-order valence-corrected chi connectivity index (χ1v) is 28.1. The molecule has 0 aromatic heterocycles. The minimum atomic E-state index is -0.158. The third-order valence-electron chi connectivity index (χ3n) is 22.8. The van der Waals surface area contributed by atoms with Crippen LogP contribution in [0.3, 0.4) is 0 Å². The highest BCUT2D eigenvalue weighted by molar-refractivity contribution is 5.69. The van der Waals surface area contributed by atoms with Crippen LogP contribution in [0.2, 0.25) is 0 Å². The molecule has 0 heterocycles. The monoisotopic (exact) mass is 951 g/mol.